The first-order valence-electron chi connectivity index (χ1n) is 6.82. The van der Waals surface area contributed by atoms with Crippen molar-refractivity contribution in [3.8, 4) is 0 Å². The number of benzene rings is 1. The van der Waals surface area contributed by atoms with Crippen LogP contribution in [0.15, 0.2) is 22.7 Å². The molecule has 1 heterocycles. The summed E-state index contributed by atoms with van der Waals surface area (Å²) >= 11 is 3.57. The maximum absolute atomic E-state index is 6.11. The topological polar surface area (TPSA) is 32.5 Å². The third kappa shape index (κ3) is 3.12. The van der Waals surface area contributed by atoms with Gasteiger partial charge >= 0.3 is 0 Å². The van der Waals surface area contributed by atoms with Crippen LogP contribution in [0.1, 0.15) is 32.4 Å². The molecule has 1 saturated heterocycles. The Kier molecular flexibility index (Phi) is 4.23. The third-order valence-electron chi connectivity index (χ3n) is 4.14. The van der Waals surface area contributed by atoms with Crippen LogP contribution in [0.2, 0.25) is 0 Å². The van der Waals surface area contributed by atoms with Crippen molar-refractivity contribution in [3.05, 3.63) is 28.2 Å². The summed E-state index contributed by atoms with van der Waals surface area (Å²) in [6, 6.07) is 6.46. The zero-order valence-electron chi connectivity index (χ0n) is 12.3. The summed E-state index contributed by atoms with van der Waals surface area (Å²) in [5.74, 6) is 0. The molecule has 0 aromatic heterocycles. The van der Waals surface area contributed by atoms with Crippen LogP contribution in [0.4, 0.5) is 5.69 Å². The molecule has 2 rings (SSSR count). The van der Waals surface area contributed by atoms with Crippen molar-refractivity contribution in [2.45, 2.75) is 32.4 Å². The number of likely N-dealkylation sites (N-methyl/N-ethyl adjacent to an activating group) is 1. The highest BCUT2D eigenvalue weighted by Gasteiger charge is 2.32. The van der Waals surface area contributed by atoms with E-state index < -0.39 is 0 Å². The molecule has 0 bridgehead atoms. The molecule has 0 spiro atoms. The zero-order chi connectivity index (χ0) is 14.2. The molecule has 0 radical (unpaired) electrons. The van der Waals surface area contributed by atoms with E-state index in [2.05, 4.69) is 64.8 Å². The van der Waals surface area contributed by atoms with E-state index in [1.54, 1.807) is 0 Å². The normalized spacial score (nSPS) is 21.5. The van der Waals surface area contributed by atoms with E-state index in [-0.39, 0.29) is 11.6 Å². The lowest BCUT2D eigenvalue weighted by atomic mass is 9.97. The van der Waals surface area contributed by atoms with E-state index in [9.17, 15) is 0 Å². The van der Waals surface area contributed by atoms with Crippen LogP contribution in [-0.2, 0) is 0 Å². The Bertz CT molecular complexity index is 457. The predicted molar refractivity (Wildman–Crippen MR) is 85.7 cm³/mol. The molecule has 4 heteroatoms. The molecule has 2 N–H and O–H groups in total. The van der Waals surface area contributed by atoms with Crippen LogP contribution in [0.5, 0.6) is 0 Å². The van der Waals surface area contributed by atoms with E-state index in [1.807, 2.05) is 6.92 Å². The van der Waals surface area contributed by atoms with Gasteiger partial charge in [-0.3, -0.25) is 4.90 Å². The second kappa shape index (κ2) is 5.43. The summed E-state index contributed by atoms with van der Waals surface area (Å²) in [5.41, 5.74) is 8.80. The fraction of sp³-hybridized carbons (Fsp3) is 0.600. The molecule has 1 aromatic rings. The third-order valence-corrected chi connectivity index (χ3v) is 4.63. The molecule has 1 aliphatic rings. The molecule has 1 aliphatic heterocycles. The lowest BCUT2D eigenvalue weighted by Crippen LogP contribution is -2.58. The number of hydrogen-bond acceptors (Lipinski definition) is 3. The summed E-state index contributed by atoms with van der Waals surface area (Å²) in [6.45, 7) is 9.80. The minimum Gasteiger partial charge on any atom is -0.368 e. The van der Waals surface area contributed by atoms with Gasteiger partial charge in [-0.05, 0) is 45.5 Å². The van der Waals surface area contributed by atoms with Crippen molar-refractivity contribution < 1.29 is 0 Å². The zero-order valence-corrected chi connectivity index (χ0v) is 13.9. The average molecular weight is 326 g/mol. The predicted octanol–water partition coefficient (Wildman–Crippen LogP) is 3.00. The summed E-state index contributed by atoms with van der Waals surface area (Å²) in [7, 11) is 2.20. The molecule has 1 fully saturated rings. The van der Waals surface area contributed by atoms with Gasteiger partial charge in [-0.25, -0.2) is 0 Å². The maximum Gasteiger partial charge on any atom is 0.0426 e. The van der Waals surface area contributed by atoms with Gasteiger partial charge in [-0.1, -0.05) is 22.0 Å². The second-order valence-electron chi connectivity index (χ2n) is 6.15. The Morgan fingerprint density at radius 3 is 2.58 bits per heavy atom. The lowest BCUT2D eigenvalue weighted by Gasteiger charge is -2.47. The summed E-state index contributed by atoms with van der Waals surface area (Å²) in [4.78, 5) is 4.89. The highest BCUT2D eigenvalue weighted by molar-refractivity contribution is 9.10. The number of hydrogen-bond donors (Lipinski definition) is 1. The molecule has 1 atom stereocenters. The van der Waals surface area contributed by atoms with Crippen molar-refractivity contribution in [1.82, 2.24) is 4.90 Å². The Morgan fingerprint density at radius 2 is 2.00 bits per heavy atom. The molecular formula is C15H24BrN3. The molecule has 0 amide bonds. The quantitative estimate of drug-likeness (QED) is 0.907. The molecule has 0 saturated carbocycles. The number of nitrogens with two attached hydrogens (primary N) is 1. The fourth-order valence-electron chi connectivity index (χ4n) is 2.62. The number of halogens is 1. The van der Waals surface area contributed by atoms with Crippen LogP contribution in [0, 0.1) is 0 Å². The van der Waals surface area contributed by atoms with Gasteiger partial charge in [0.15, 0.2) is 0 Å². The van der Waals surface area contributed by atoms with Crippen molar-refractivity contribution in [2.24, 2.45) is 5.73 Å². The largest absolute Gasteiger partial charge is 0.368 e. The molecular weight excluding hydrogens is 302 g/mol. The smallest absolute Gasteiger partial charge is 0.0426 e. The van der Waals surface area contributed by atoms with Crippen molar-refractivity contribution in [1.29, 1.82) is 0 Å². The first-order valence-corrected chi connectivity index (χ1v) is 7.62. The van der Waals surface area contributed by atoms with E-state index in [0.29, 0.717) is 0 Å². The van der Waals surface area contributed by atoms with Gasteiger partial charge in [-0.15, -0.1) is 0 Å². The minimum absolute atomic E-state index is 0.0610. The van der Waals surface area contributed by atoms with Crippen LogP contribution in [-0.4, -0.2) is 37.1 Å². The van der Waals surface area contributed by atoms with E-state index >= 15 is 0 Å². The monoisotopic (exact) mass is 325 g/mol. The first-order chi connectivity index (χ1) is 8.81. The highest BCUT2D eigenvalue weighted by atomic mass is 79.9. The molecule has 3 nitrogen and oxygen atoms in total. The number of anilines is 1. The maximum atomic E-state index is 6.11. The van der Waals surface area contributed by atoms with Gasteiger partial charge < -0.3 is 10.6 Å². The second-order valence-corrected chi connectivity index (χ2v) is 7.06. The van der Waals surface area contributed by atoms with Gasteiger partial charge in [0.05, 0.1) is 0 Å². The van der Waals surface area contributed by atoms with E-state index in [4.69, 9.17) is 5.73 Å². The van der Waals surface area contributed by atoms with Gasteiger partial charge in [0.25, 0.3) is 0 Å². The van der Waals surface area contributed by atoms with Crippen LogP contribution >= 0.6 is 15.9 Å². The van der Waals surface area contributed by atoms with Crippen molar-refractivity contribution in [3.63, 3.8) is 0 Å². The Balaban J connectivity index is 2.34. The number of piperazine rings is 1. The molecule has 1 aromatic carbocycles. The van der Waals surface area contributed by atoms with Gasteiger partial charge in [-0.2, -0.15) is 0 Å². The van der Waals surface area contributed by atoms with Crippen LogP contribution in [0.3, 0.4) is 0 Å². The fourth-order valence-corrected chi connectivity index (χ4v) is 2.97. The molecule has 0 aliphatic carbocycles. The van der Waals surface area contributed by atoms with Crippen molar-refractivity contribution in [2.75, 3.05) is 31.6 Å². The van der Waals surface area contributed by atoms with Crippen LogP contribution < -0.4 is 10.6 Å². The molecule has 106 valence electrons. The summed E-state index contributed by atoms with van der Waals surface area (Å²) in [5, 5.41) is 0. The van der Waals surface area contributed by atoms with E-state index in [0.717, 1.165) is 24.1 Å². The minimum atomic E-state index is 0.0610. The standard InChI is InChI=1S/C15H24BrN3/c1-11(17)13-6-5-12(16)9-14(13)19-8-7-18(4)15(2,3)10-19/h5-6,9,11H,7-8,10,17H2,1-4H3. The average Bonchev–Trinajstić information content (AvgIpc) is 2.32. The highest BCUT2D eigenvalue weighted by Crippen LogP contribution is 2.32. The van der Waals surface area contributed by atoms with Gasteiger partial charge in [0, 0.05) is 41.4 Å². The number of rotatable bonds is 2. The first kappa shape index (κ1) is 14.8. The Labute approximate surface area is 124 Å². The van der Waals surface area contributed by atoms with E-state index in [1.165, 1.54) is 11.3 Å². The SMILES string of the molecule is CC(N)c1ccc(Br)cc1N1CCN(C)C(C)(C)C1. The summed E-state index contributed by atoms with van der Waals surface area (Å²) < 4.78 is 1.11. The van der Waals surface area contributed by atoms with Crippen molar-refractivity contribution >= 4 is 21.6 Å². The number of nitrogens with zero attached hydrogens (tertiary/aromatic N) is 2. The molecule has 1 unspecified atom stereocenters. The van der Waals surface area contributed by atoms with Gasteiger partial charge in [0.1, 0.15) is 0 Å². The lowest BCUT2D eigenvalue weighted by molar-refractivity contribution is 0.138. The van der Waals surface area contributed by atoms with Crippen LogP contribution in [0.25, 0.3) is 0 Å². The van der Waals surface area contributed by atoms with Gasteiger partial charge in [0.2, 0.25) is 0 Å². The Hall–Kier alpha value is -0.580. The summed E-state index contributed by atoms with van der Waals surface area (Å²) in [6.07, 6.45) is 0. The Morgan fingerprint density at radius 1 is 1.32 bits per heavy atom. The molecule has 19 heavy (non-hydrogen) atoms.